The zero-order valence-electron chi connectivity index (χ0n) is 6.96. The lowest BCUT2D eigenvalue weighted by molar-refractivity contribution is 0.165. The van der Waals surface area contributed by atoms with Crippen LogP contribution in [0.3, 0.4) is 0 Å². The third kappa shape index (κ3) is 5.33. The molecule has 0 saturated heterocycles. The Morgan fingerprint density at radius 2 is 2.17 bits per heavy atom. The lowest BCUT2D eigenvalue weighted by Gasteiger charge is -2.11. The fraction of sp³-hybridized carbons (Fsp3) is 0.667. The largest absolute Gasteiger partial charge is 0.465 e. The maximum absolute atomic E-state index is 10.6. The highest BCUT2D eigenvalue weighted by molar-refractivity contribution is 5.67. The minimum Gasteiger partial charge on any atom is -0.465 e. The molecule has 0 aromatic rings. The van der Waals surface area contributed by atoms with E-state index in [4.69, 9.17) is 5.11 Å². The number of hydrogen-bond acceptors (Lipinski definition) is 3. The number of amides is 2. The van der Waals surface area contributed by atoms with Crippen molar-refractivity contribution in [1.82, 2.24) is 10.6 Å². The van der Waals surface area contributed by atoms with Gasteiger partial charge in [-0.3, -0.25) is 0 Å². The number of rotatable bonds is 3. The number of carbonyl (C=O) groups excluding carboxylic acids is 1. The van der Waals surface area contributed by atoms with E-state index in [0.717, 1.165) is 0 Å². The molecule has 0 fully saturated rings. The average Bonchev–Trinajstić information content (AvgIpc) is 2.00. The van der Waals surface area contributed by atoms with E-state index >= 15 is 0 Å². The molecular weight excluding hydrogens is 164 g/mol. The number of carbonyl (C=O) groups is 2. The molecule has 0 saturated carbocycles. The molecule has 0 bridgehead atoms. The van der Waals surface area contributed by atoms with Gasteiger partial charge in [-0.15, -0.1) is 0 Å². The number of carboxylic acid groups (broad SMARTS) is 1. The van der Waals surface area contributed by atoms with E-state index in [0.29, 0.717) is 0 Å². The van der Waals surface area contributed by atoms with Gasteiger partial charge >= 0.3 is 12.2 Å². The van der Waals surface area contributed by atoms with Gasteiger partial charge in [0.15, 0.2) is 0 Å². The van der Waals surface area contributed by atoms with Crippen molar-refractivity contribution in [3.8, 4) is 0 Å². The van der Waals surface area contributed by atoms with Crippen LogP contribution < -0.4 is 10.6 Å². The summed E-state index contributed by atoms with van der Waals surface area (Å²) in [7, 11) is 1.24. The molecule has 12 heavy (non-hydrogen) atoms. The van der Waals surface area contributed by atoms with Gasteiger partial charge in [0.1, 0.15) is 0 Å². The predicted molar refractivity (Wildman–Crippen MR) is 41.0 cm³/mol. The Morgan fingerprint density at radius 3 is 2.58 bits per heavy atom. The lowest BCUT2D eigenvalue weighted by Crippen LogP contribution is -2.41. The Morgan fingerprint density at radius 1 is 1.58 bits per heavy atom. The van der Waals surface area contributed by atoms with Crippen LogP contribution in [0.2, 0.25) is 0 Å². The molecule has 1 atom stereocenters. The van der Waals surface area contributed by atoms with Crippen molar-refractivity contribution in [3.05, 3.63) is 0 Å². The van der Waals surface area contributed by atoms with E-state index in [1.807, 2.05) is 0 Å². The highest BCUT2D eigenvalue weighted by Crippen LogP contribution is 1.80. The summed E-state index contributed by atoms with van der Waals surface area (Å²) < 4.78 is 4.30. The van der Waals surface area contributed by atoms with Crippen LogP contribution in [-0.2, 0) is 4.74 Å². The zero-order chi connectivity index (χ0) is 9.56. The van der Waals surface area contributed by atoms with Gasteiger partial charge in [-0.05, 0) is 6.92 Å². The van der Waals surface area contributed by atoms with Crippen molar-refractivity contribution < 1.29 is 19.4 Å². The number of hydrogen-bond donors (Lipinski definition) is 3. The highest BCUT2D eigenvalue weighted by atomic mass is 16.5. The molecule has 0 aliphatic heterocycles. The molecule has 6 heteroatoms. The van der Waals surface area contributed by atoms with Crippen molar-refractivity contribution in [1.29, 1.82) is 0 Å². The van der Waals surface area contributed by atoms with Crippen LogP contribution in [0.5, 0.6) is 0 Å². The van der Waals surface area contributed by atoms with Gasteiger partial charge in [0.2, 0.25) is 0 Å². The summed E-state index contributed by atoms with van der Waals surface area (Å²) in [5, 5.41) is 12.7. The normalized spacial score (nSPS) is 11.5. The van der Waals surface area contributed by atoms with E-state index < -0.39 is 12.2 Å². The van der Waals surface area contributed by atoms with E-state index in [1.165, 1.54) is 7.11 Å². The molecular formula is C6H12N2O4. The summed E-state index contributed by atoms with van der Waals surface area (Å²) in [4.78, 5) is 20.6. The monoisotopic (exact) mass is 176 g/mol. The molecule has 1 unspecified atom stereocenters. The Bertz CT molecular complexity index is 171. The van der Waals surface area contributed by atoms with E-state index in [2.05, 4.69) is 15.4 Å². The SMILES string of the molecule is COC(=O)NC(C)CNC(=O)O. The molecule has 0 radical (unpaired) electrons. The molecule has 70 valence electrons. The van der Waals surface area contributed by atoms with Crippen LogP contribution in [0.1, 0.15) is 6.92 Å². The van der Waals surface area contributed by atoms with E-state index in [1.54, 1.807) is 6.92 Å². The van der Waals surface area contributed by atoms with Gasteiger partial charge in [-0.1, -0.05) is 0 Å². The molecule has 0 aliphatic carbocycles. The fourth-order valence-electron chi connectivity index (χ4n) is 0.552. The van der Waals surface area contributed by atoms with Crippen molar-refractivity contribution in [3.63, 3.8) is 0 Å². The number of alkyl carbamates (subject to hydrolysis) is 1. The maximum atomic E-state index is 10.6. The molecule has 0 aliphatic rings. The van der Waals surface area contributed by atoms with Crippen LogP contribution in [0.4, 0.5) is 9.59 Å². The molecule has 0 spiro atoms. The third-order valence-electron chi connectivity index (χ3n) is 1.11. The molecule has 6 nitrogen and oxygen atoms in total. The van der Waals surface area contributed by atoms with E-state index in [-0.39, 0.29) is 12.6 Å². The molecule has 0 aromatic carbocycles. The predicted octanol–water partition coefficient (Wildman–Crippen LogP) is -0.00150. The Kier molecular flexibility index (Phi) is 4.59. The Hall–Kier alpha value is -1.46. The summed E-state index contributed by atoms with van der Waals surface area (Å²) in [5.41, 5.74) is 0. The van der Waals surface area contributed by atoms with Crippen molar-refractivity contribution >= 4 is 12.2 Å². The zero-order valence-corrected chi connectivity index (χ0v) is 6.96. The molecule has 3 N–H and O–H groups in total. The van der Waals surface area contributed by atoms with Crippen LogP contribution >= 0.6 is 0 Å². The first-order valence-corrected chi connectivity index (χ1v) is 3.37. The number of ether oxygens (including phenoxy) is 1. The second-order valence-corrected chi connectivity index (χ2v) is 2.22. The van der Waals surface area contributed by atoms with Gasteiger partial charge in [-0.2, -0.15) is 0 Å². The van der Waals surface area contributed by atoms with Gasteiger partial charge in [0, 0.05) is 12.6 Å². The highest BCUT2D eigenvalue weighted by Gasteiger charge is 2.06. The smallest absolute Gasteiger partial charge is 0.407 e. The first-order valence-electron chi connectivity index (χ1n) is 3.37. The molecule has 0 aromatic heterocycles. The summed E-state index contributed by atoms with van der Waals surface area (Å²) in [6, 6.07) is -0.284. The topological polar surface area (TPSA) is 87.7 Å². The number of nitrogens with one attached hydrogen (secondary N) is 2. The van der Waals surface area contributed by atoms with Crippen LogP contribution in [0, 0.1) is 0 Å². The van der Waals surface area contributed by atoms with E-state index in [9.17, 15) is 9.59 Å². The quantitative estimate of drug-likeness (QED) is 0.564. The summed E-state index contributed by atoms with van der Waals surface area (Å²) in [6.45, 7) is 1.82. The maximum Gasteiger partial charge on any atom is 0.407 e. The lowest BCUT2D eigenvalue weighted by atomic mass is 10.3. The van der Waals surface area contributed by atoms with Crippen molar-refractivity contribution in [2.45, 2.75) is 13.0 Å². The number of methoxy groups -OCH3 is 1. The van der Waals surface area contributed by atoms with Gasteiger partial charge in [-0.25, -0.2) is 9.59 Å². The fourth-order valence-corrected chi connectivity index (χ4v) is 0.552. The second-order valence-electron chi connectivity index (χ2n) is 2.22. The first kappa shape index (κ1) is 10.5. The summed E-state index contributed by atoms with van der Waals surface area (Å²) >= 11 is 0. The van der Waals surface area contributed by atoms with Crippen LogP contribution in [0.15, 0.2) is 0 Å². The van der Waals surface area contributed by atoms with Gasteiger partial charge < -0.3 is 20.5 Å². The van der Waals surface area contributed by atoms with Gasteiger partial charge in [0.05, 0.1) is 7.11 Å². The average molecular weight is 176 g/mol. The third-order valence-corrected chi connectivity index (χ3v) is 1.11. The Balaban J connectivity index is 3.52. The van der Waals surface area contributed by atoms with Crippen LogP contribution in [0.25, 0.3) is 0 Å². The minimum absolute atomic E-state index is 0.157. The standard InChI is InChI=1S/C6H12N2O4/c1-4(3-7-5(9)10)8-6(11)12-2/h4,7H,3H2,1-2H3,(H,8,11)(H,9,10). The summed E-state index contributed by atoms with van der Waals surface area (Å²) in [5.74, 6) is 0. The second kappa shape index (κ2) is 5.22. The molecule has 2 amide bonds. The van der Waals surface area contributed by atoms with Crippen molar-refractivity contribution in [2.24, 2.45) is 0 Å². The molecule has 0 rings (SSSR count). The Labute approximate surface area is 69.9 Å². The van der Waals surface area contributed by atoms with Gasteiger partial charge in [0.25, 0.3) is 0 Å². The van der Waals surface area contributed by atoms with Crippen LogP contribution in [-0.4, -0.2) is 37.0 Å². The van der Waals surface area contributed by atoms with Crippen molar-refractivity contribution in [2.75, 3.05) is 13.7 Å². The minimum atomic E-state index is -1.12. The summed E-state index contributed by atoms with van der Waals surface area (Å²) in [6.07, 6.45) is -1.69. The first-order chi connectivity index (χ1) is 5.56. The molecule has 0 heterocycles.